The van der Waals surface area contributed by atoms with Crippen LogP contribution < -0.4 is 18.9 Å². The van der Waals surface area contributed by atoms with Crippen LogP contribution in [0.15, 0.2) is 75.7 Å². The van der Waals surface area contributed by atoms with Gasteiger partial charge < -0.3 is 18.9 Å². The van der Waals surface area contributed by atoms with Crippen LogP contribution in [0.3, 0.4) is 0 Å². The van der Waals surface area contributed by atoms with Gasteiger partial charge in [0.25, 0.3) is 0 Å². The lowest BCUT2D eigenvalue weighted by Gasteiger charge is -2.44. The standard InChI is InChI=1S/C22H23BrN4O4.C6H5Br/c1-28-18-10-16(24-21(26-18)30-3)14-9-15(20(14)12-5-7-13(23)8-6-12)17-11-19(29-2)27-22(25-17)31-4;7-6-4-2-1-3-5-6/h5-8,10-11,14-15,20H,9H2,1-4H3;1-5H. The summed E-state index contributed by atoms with van der Waals surface area (Å²) in [5.74, 6) is 1.38. The lowest BCUT2D eigenvalue weighted by Crippen LogP contribution is -2.33. The molecule has 0 radical (unpaired) electrons. The molecule has 1 aliphatic rings. The molecular weight excluding hydrogens is 616 g/mol. The molecule has 1 fully saturated rings. The smallest absolute Gasteiger partial charge is 0.319 e. The van der Waals surface area contributed by atoms with Crippen molar-refractivity contribution in [2.45, 2.75) is 24.2 Å². The number of hydrogen-bond acceptors (Lipinski definition) is 8. The maximum Gasteiger partial charge on any atom is 0.319 e. The van der Waals surface area contributed by atoms with Crippen LogP contribution in [-0.2, 0) is 0 Å². The summed E-state index contributed by atoms with van der Waals surface area (Å²) < 4.78 is 23.4. The Morgan fingerprint density at radius 2 is 1.08 bits per heavy atom. The SMILES string of the molecule is Brc1ccccc1.COc1cc(C2CC(c3cc(OC)nc(OC)n3)C2c2ccc(Br)cc2)nc(OC)n1. The summed E-state index contributed by atoms with van der Waals surface area (Å²) >= 11 is 6.83. The minimum Gasteiger partial charge on any atom is -0.481 e. The number of ether oxygens (including phenoxy) is 4. The van der Waals surface area contributed by atoms with E-state index in [1.165, 1.54) is 5.56 Å². The molecular formula is C28H28Br2N4O4. The van der Waals surface area contributed by atoms with Crippen LogP contribution in [0, 0.1) is 0 Å². The summed E-state index contributed by atoms with van der Waals surface area (Å²) in [6.45, 7) is 0. The molecule has 2 atom stereocenters. The van der Waals surface area contributed by atoms with Crippen molar-refractivity contribution in [3.8, 4) is 23.8 Å². The van der Waals surface area contributed by atoms with Crippen LogP contribution in [0.5, 0.6) is 23.8 Å². The van der Waals surface area contributed by atoms with E-state index in [0.29, 0.717) is 11.8 Å². The van der Waals surface area contributed by atoms with Crippen molar-refractivity contribution in [1.82, 2.24) is 19.9 Å². The molecule has 1 saturated carbocycles. The van der Waals surface area contributed by atoms with Crippen LogP contribution in [-0.4, -0.2) is 48.4 Å². The Morgan fingerprint density at radius 3 is 1.47 bits per heavy atom. The summed E-state index contributed by atoms with van der Waals surface area (Å²) in [6.07, 6.45) is 0.841. The normalized spacial score (nSPS) is 17.9. The Hall–Kier alpha value is -3.24. The third kappa shape index (κ3) is 6.60. The van der Waals surface area contributed by atoms with E-state index in [2.05, 4.69) is 63.9 Å². The topological polar surface area (TPSA) is 88.5 Å². The van der Waals surface area contributed by atoms with Crippen molar-refractivity contribution in [3.05, 3.63) is 92.6 Å². The molecule has 8 nitrogen and oxygen atoms in total. The van der Waals surface area contributed by atoms with Crippen molar-refractivity contribution < 1.29 is 18.9 Å². The first kappa shape index (κ1) is 27.8. The minimum absolute atomic E-state index is 0.140. The lowest BCUT2D eigenvalue weighted by molar-refractivity contribution is 0.263. The fourth-order valence-corrected chi connectivity index (χ4v) is 5.01. The van der Waals surface area contributed by atoms with E-state index in [1.807, 2.05) is 54.6 Å². The monoisotopic (exact) mass is 642 g/mol. The summed E-state index contributed by atoms with van der Waals surface area (Å²) in [5, 5.41) is 0. The molecule has 0 saturated heterocycles. The van der Waals surface area contributed by atoms with Gasteiger partial charge in [0.15, 0.2) is 0 Å². The van der Waals surface area contributed by atoms with Gasteiger partial charge in [-0.05, 0) is 36.2 Å². The van der Waals surface area contributed by atoms with Crippen LogP contribution in [0.1, 0.15) is 41.1 Å². The zero-order valence-corrected chi connectivity index (χ0v) is 24.6. The Balaban J connectivity index is 0.000000417. The lowest BCUT2D eigenvalue weighted by atomic mass is 9.59. The van der Waals surface area contributed by atoms with Gasteiger partial charge >= 0.3 is 12.0 Å². The molecule has 2 heterocycles. The second-order valence-electron chi connectivity index (χ2n) is 8.47. The third-order valence-corrected chi connectivity index (χ3v) is 7.37. The molecule has 0 aliphatic heterocycles. The quantitative estimate of drug-likeness (QED) is 0.224. The number of halogens is 2. The molecule has 198 valence electrons. The third-order valence-electron chi connectivity index (χ3n) is 6.31. The Labute approximate surface area is 239 Å². The zero-order chi connectivity index (χ0) is 27.1. The van der Waals surface area contributed by atoms with Gasteiger partial charge in [-0.15, -0.1) is 0 Å². The van der Waals surface area contributed by atoms with Gasteiger partial charge in [0, 0.05) is 38.8 Å². The number of aromatic nitrogens is 4. The van der Waals surface area contributed by atoms with Crippen molar-refractivity contribution in [2.24, 2.45) is 0 Å². The van der Waals surface area contributed by atoms with Gasteiger partial charge in [0.05, 0.1) is 39.8 Å². The number of hydrogen-bond donors (Lipinski definition) is 0. The van der Waals surface area contributed by atoms with E-state index in [9.17, 15) is 0 Å². The molecule has 1 aliphatic carbocycles. The second-order valence-corrected chi connectivity index (χ2v) is 10.3. The number of rotatable bonds is 7. The summed E-state index contributed by atoms with van der Waals surface area (Å²) in [4.78, 5) is 17.7. The van der Waals surface area contributed by atoms with Crippen LogP contribution in [0.25, 0.3) is 0 Å². The van der Waals surface area contributed by atoms with Crippen molar-refractivity contribution in [2.75, 3.05) is 28.4 Å². The molecule has 2 unspecified atom stereocenters. The summed E-state index contributed by atoms with van der Waals surface area (Å²) in [6, 6.07) is 22.6. The van der Waals surface area contributed by atoms with E-state index < -0.39 is 0 Å². The Bertz CT molecular complexity index is 1240. The molecule has 5 rings (SSSR count). The Morgan fingerprint density at radius 1 is 0.605 bits per heavy atom. The highest BCUT2D eigenvalue weighted by Crippen LogP contribution is 2.58. The molecule has 0 N–H and O–H groups in total. The number of benzene rings is 2. The van der Waals surface area contributed by atoms with E-state index in [1.54, 1.807) is 28.4 Å². The van der Waals surface area contributed by atoms with E-state index in [4.69, 9.17) is 18.9 Å². The fourth-order valence-electron chi connectivity index (χ4n) is 4.44. The molecule has 0 bridgehead atoms. The van der Waals surface area contributed by atoms with Gasteiger partial charge in [0.2, 0.25) is 11.8 Å². The van der Waals surface area contributed by atoms with E-state index in [-0.39, 0.29) is 29.8 Å². The maximum absolute atomic E-state index is 5.35. The van der Waals surface area contributed by atoms with E-state index >= 15 is 0 Å². The van der Waals surface area contributed by atoms with Gasteiger partial charge in [-0.2, -0.15) is 19.9 Å². The predicted molar refractivity (Wildman–Crippen MR) is 151 cm³/mol. The zero-order valence-electron chi connectivity index (χ0n) is 21.5. The molecule has 10 heteroatoms. The fraction of sp³-hybridized carbons (Fsp3) is 0.286. The minimum atomic E-state index is 0.140. The first-order chi connectivity index (χ1) is 18.4. The Kier molecular flexibility index (Phi) is 9.52. The second kappa shape index (κ2) is 13.0. The van der Waals surface area contributed by atoms with Crippen LogP contribution in [0.2, 0.25) is 0 Å². The largest absolute Gasteiger partial charge is 0.481 e. The number of nitrogens with zero attached hydrogens (tertiary/aromatic N) is 4. The number of methoxy groups -OCH3 is 4. The summed E-state index contributed by atoms with van der Waals surface area (Å²) in [7, 11) is 6.27. The van der Waals surface area contributed by atoms with E-state index in [0.717, 1.165) is 26.8 Å². The molecule has 4 aromatic rings. The van der Waals surface area contributed by atoms with Crippen molar-refractivity contribution in [1.29, 1.82) is 0 Å². The highest BCUT2D eigenvalue weighted by molar-refractivity contribution is 9.10. The van der Waals surface area contributed by atoms with Crippen molar-refractivity contribution in [3.63, 3.8) is 0 Å². The predicted octanol–water partition coefficient (Wildman–Crippen LogP) is 6.57. The highest BCUT2D eigenvalue weighted by atomic mass is 79.9. The first-order valence-electron chi connectivity index (χ1n) is 11.9. The van der Waals surface area contributed by atoms with Crippen LogP contribution >= 0.6 is 31.9 Å². The molecule has 2 aromatic carbocycles. The van der Waals surface area contributed by atoms with Gasteiger partial charge in [-0.1, -0.05) is 62.2 Å². The molecule has 0 amide bonds. The molecule has 38 heavy (non-hydrogen) atoms. The van der Waals surface area contributed by atoms with Crippen LogP contribution in [0.4, 0.5) is 0 Å². The average molecular weight is 644 g/mol. The van der Waals surface area contributed by atoms with Gasteiger partial charge in [0.1, 0.15) is 0 Å². The molecule has 2 aromatic heterocycles. The summed E-state index contributed by atoms with van der Waals surface area (Å²) in [5.41, 5.74) is 2.94. The highest BCUT2D eigenvalue weighted by Gasteiger charge is 2.46. The maximum atomic E-state index is 5.35. The average Bonchev–Trinajstić information content (AvgIpc) is 2.94. The van der Waals surface area contributed by atoms with Gasteiger partial charge in [-0.3, -0.25) is 0 Å². The molecule has 0 spiro atoms. The van der Waals surface area contributed by atoms with Crippen molar-refractivity contribution >= 4 is 31.9 Å². The first-order valence-corrected chi connectivity index (χ1v) is 13.4. The van der Waals surface area contributed by atoms with Gasteiger partial charge in [-0.25, -0.2) is 0 Å².